The second kappa shape index (κ2) is 5.07. The van der Waals surface area contributed by atoms with Crippen LogP contribution >= 0.6 is 0 Å². The summed E-state index contributed by atoms with van der Waals surface area (Å²) in [4.78, 5) is 14.5. The van der Waals surface area contributed by atoms with E-state index < -0.39 is 23.3 Å². The SMILES string of the molecule is CCOC(=O)[C@](O)(c1c(C)[nH]c2ccccc12)C(F)(F)F. The van der Waals surface area contributed by atoms with Crippen LogP contribution in [0, 0.1) is 6.92 Å². The van der Waals surface area contributed by atoms with E-state index in [1.54, 1.807) is 12.1 Å². The van der Waals surface area contributed by atoms with Gasteiger partial charge in [-0.05, 0) is 19.9 Å². The first-order valence-corrected chi connectivity index (χ1v) is 6.27. The van der Waals surface area contributed by atoms with Crippen LogP contribution in [0.1, 0.15) is 18.2 Å². The fourth-order valence-electron chi connectivity index (χ4n) is 2.34. The van der Waals surface area contributed by atoms with Gasteiger partial charge in [0.25, 0.3) is 5.60 Å². The molecule has 1 heterocycles. The first kappa shape index (κ1) is 15.4. The molecular formula is C14H14F3NO3. The number of hydrogen-bond acceptors (Lipinski definition) is 3. The van der Waals surface area contributed by atoms with Crippen LogP contribution in [0.3, 0.4) is 0 Å². The molecule has 1 aromatic heterocycles. The monoisotopic (exact) mass is 301 g/mol. The minimum absolute atomic E-state index is 0.0593. The lowest BCUT2D eigenvalue weighted by molar-refractivity contribution is -0.267. The number of rotatable bonds is 3. The van der Waals surface area contributed by atoms with Gasteiger partial charge in [-0.1, -0.05) is 18.2 Å². The molecule has 21 heavy (non-hydrogen) atoms. The standard InChI is InChI=1S/C14H14F3NO3/c1-3-21-12(19)13(20,14(15,16)17)11-8(2)18-10-7-5-4-6-9(10)11/h4-7,18,20H,3H2,1-2H3/t13-/m1/s1. The number of halogens is 3. The number of aromatic nitrogens is 1. The normalized spacial score (nSPS) is 15.0. The highest BCUT2D eigenvalue weighted by Crippen LogP contribution is 2.44. The number of aryl methyl sites for hydroxylation is 1. The lowest BCUT2D eigenvalue weighted by atomic mass is 9.90. The van der Waals surface area contributed by atoms with E-state index in [1.807, 2.05) is 0 Å². The predicted octanol–water partition coefficient (Wildman–Crippen LogP) is 2.79. The molecule has 0 radical (unpaired) electrons. The van der Waals surface area contributed by atoms with Crippen LogP contribution in [-0.2, 0) is 15.1 Å². The van der Waals surface area contributed by atoms with Crippen molar-refractivity contribution in [2.24, 2.45) is 0 Å². The summed E-state index contributed by atoms with van der Waals surface area (Å²) in [5, 5.41) is 10.3. The smallest absolute Gasteiger partial charge is 0.432 e. The summed E-state index contributed by atoms with van der Waals surface area (Å²) >= 11 is 0. The van der Waals surface area contributed by atoms with Gasteiger partial charge in [-0.25, -0.2) is 4.79 Å². The van der Waals surface area contributed by atoms with E-state index in [0.29, 0.717) is 5.52 Å². The van der Waals surface area contributed by atoms with E-state index in [9.17, 15) is 23.1 Å². The summed E-state index contributed by atoms with van der Waals surface area (Å²) in [7, 11) is 0. The molecule has 0 saturated carbocycles. The molecule has 0 fully saturated rings. The lowest BCUT2D eigenvalue weighted by Crippen LogP contribution is -2.50. The van der Waals surface area contributed by atoms with Crippen LogP contribution in [0.5, 0.6) is 0 Å². The number of ether oxygens (including phenoxy) is 1. The van der Waals surface area contributed by atoms with Gasteiger partial charge in [0, 0.05) is 22.2 Å². The number of aromatic amines is 1. The van der Waals surface area contributed by atoms with Gasteiger partial charge >= 0.3 is 12.1 Å². The van der Waals surface area contributed by atoms with Crippen molar-refractivity contribution >= 4 is 16.9 Å². The topological polar surface area (TPSA) is 62.3 Å². The average Bonchev–Trinajstić information content (AvgIpc) is 2.72. The third-order valence-corrected chi connectivity index (χ3v) is 3.24. The van der Waals surface area contributed by atoms with Gasteiger partial charge in [0.2, 0.25) is 0 Å². The van der Waals surface area contributed by atoms with Crippen LogP contribution < -0.4 is 0 Å². The highest BCUT2D eigenvalue weighted by Gasteiger charge is 2.63. The second-order valence-corrected chi connectivity index (χ2v) is 4.60. The predicted molar refractivity (Wildman–Crippen MR) is 69.6 cm³/mol. The minimum atomic E-state index is -5.20. The number of fused-ring (bicyclic) bond motifs is 1. The Kier molecular flexibility index (Phi) is 3.71. The van der Waals surface area contributed by atoms with E-state index in [1.165, 1.54) is 26.0 Å². The Hall–Kier alpha value is -2.02. The Morgan fingerprint density at radius 3 is 2.52 bits per heavy atom. The second-order valence-electron chi connectivity index (χ2n) is 4.60. The average molecular weight is 301 g/mol. The number of para-hydroxylation sites is 1. The summed E-state index contributed by atoms with van der Waals surface area (Å²) in [6.45, 7) is 2.47. The quantitative estimate of drug-likeness (QED) is 0.857. The highest BCUT2D eigenvalue weighted by atomic mass is 19.4. The molecule has 0 saturated heterocycles. The van der Waals surface area contributed by atoms with Crippen molar-refractivity contribution in [3.8, 4) is 0 Å². The van der Waals surface area contributed by atoms with Gasteiger partial charge in [-0.2, -0.15) is 13.2 Å². The molecule has 1 aromatic carbocycles. The maximum absolute atomic E-state index is 13.4. The number of carbonyl (C=O) groups excluding carboxylic acids is 1. The van der Waals surface area contributed by atoms with Gasteiger partial charge in [-0.3, -0.25) is 0 Å². The summed E-state index contributed by atoms with van der Waals surface area (Å²) in [6, 6.07) is 6.14. The number of esters is 1. The molecule has 0 aliphatic rings. The van der Waals surface area contributed by atoms with Gasteiger partial charge < -0.3 is 14.8 Å². The number of benzene rings is 1. The summed E-state index contributed by atoms with van der Waals surface area (Å²) in [5.41, 5.74) is -3.77. The van der Waals surface area contributed by atoms with Gasteiger partial charge in [0.1, 0.15) is 0 Å². The first-order valence-electron chi connectivity index (χ1n) is 6.27. The summed E-state index contributed by atoms with van der Waals surface area (Å²) in [5.74, 6) is -1.73. The molecule has 0 spiro atoms. The zero-order valence-electron chi connectivity index (χ0n) is 11.4. The van der Waals surface area contributed by atoms with Gasteiger partial charge in [0.15, 0.2) is 0 Å². The van der Waals surface area contributed by atoms with Crippen molar-refractivity contribution in [2.75, 3.05) is 6.61 Å². The van der Waals surface area contributed by atoms with E-state index >= 15 is 0 Å². The molecule has 2 rings (SSSR count). The molecule has 4 nitrogen and oxygen atoms in total. The van der Waals surface area contributed by atoms with Crippen LogP contribution in [0.25, 0.3) is 10.9 Å². The Balaban J connectivity index is 2.76. The molecule has 0 unspecified atom stereocenters. The Bertz CT molecular complexity index is 678. The van der Waals surface area contributed by atoms with E-state index in [-0.39, 0.29) is 17.7 Å². The molecular weight excluding hydrogens is 287 g/mol. The third kappa shape index (κ3) is 2.27. The lowest BCUT2D eigenvalue weighted by Gasteiger charge is -2.28. The Morgan fingerprint density at radius 1 is 1.33 bits per heavy atom. The molecule has 1 atom stereocenters. The number of carbonyl (C=O) groups is 1. The van der Waals surface area contributed by atoms with Crippen LogP contribution in [-0.4, -0.2) is 28.8 Å². The number of H-pyrrole nitrogens is 1. The number of nitrogens with one attached hydrogen (secondary N) is 1. The maximum Gasteiger partial charge on any atom is 0.432 e. The molecule has 2 aromatic rings. The molecule has 2 N–H and O–H groups in total. The zero-order chi connectivity index (χ0) is 15.8. The van der Waals surface area contributed by atoms with E-state index in [4.69, 9.17) is 0 Å². The van der Waals surface area contributed by atoms with Crippen LogP contribution in [0.4, 0.5) is 13.2 Å². The Labute approximate surface area is 118 Å². The van der Waals surface area contributed by atoms with Crippen molar-refractivity contribution in [3.63, 3.8) is 0 Å². The summed E-state index contributed by atoms with van der Waals surface area (Å²) in [6.07, 6.45) is -5.20. The molecule has 7 heteroatoms. The van der Waals surface area contributed by atoms with Crippen molar-refractivity contribution < 1.29 is 27.8 Å². The minimum Gasteiger partial charge on any atom is -0.463 e. The van der Waals surface area contributed by atoms with Crippen molar-refractivity contribution in [3.05, 3.63) is 35.5 Å². The van der Waals surface area contributed by atoms with Gasteiger partial charge in [-0.15, -0.1) is 0 Å². The van der Waals surface area contributed by atoms with Crippen LogP contribution in [0.15, 0.2) is 24.3 Å². The fraction of sp³-hybridized carbons (Fsp3) is 0.357. The number of alkyl halides is 3. The highest BCUT2D eigenvalue weighted by molar-refractivity contribution is 5.93. The maximum atomic E-state index is 13.4. The van der Waals surface area contributed by atoms with E-state index in [0.717, 1.165) is 0 Å². The molecule has 114 valence electrons. The fourth-order valence-corrected chi connectivity index (χ4v) is 2.34. The largest absolute Gasteiger partial charge is 0.463 e. The molecule has 0 aliphatic heterocycles. The third-order valence-electron chi connectivity index (χ3n) is 3.24. The van der Waals surface area contributed by atoms with Crippen molar-refractivity contribution in [1.82, 2.24) is 4.98 Å². The zero-order valence-corrected chi connectivity index (χ0v) is 11.4. The van der Waals surface area contributed by atoms with Crippen LogP contribution in [0.2, 0.25) is 0 Å². The van der Waals surface area contributed by atoms with E-state index in [2.05, 4.69) is 9.72 Å². The number of aliphatic hydroxyl groups is 1. The van der Waals surface area contributed by atoms with Gasteiger partial charge in [0.05, 0.1) is 6.61 Å². The van der Waals surface area contributed by atoms with Crippen molar-refractivity contribution in [2.45, 2.75) is 25.6 Å². The van der Waals surface area contributed by atoms with Crippen molar-refractivity contribution in [1.29, 1.82) is 0 Å². The Morgan fingerprint density at radius 2 is 1.95 bits per heavy atom. The number of hydrogen-bond donors (Lipinski definition) is 2. The molecule has 0 bridgehead atoms. The molecule has 0 aliphatic carbocycles. The molecule has 0 amide bonds. The summed E-state index contributed by atoms with van der Waals surface area (Å²) < 4.78 is 44.6. The first-order chi connectivity index (χ1) is 9.73.